The molecule has 3 aromatic rings. The quantitative estimate of drug-likeness (QED) is 0.702. The molecule has 1 aliphatic rings. The van der Waals surface area contributed by atoms with Gasteiger partial charge in [-0.1, -0.05) is 18.2 Å². The molecular formula is C19H20F3N5O. The van der Waals surface area contributed by atoms with Gasteiger partial charge in [-0.2, -0.15) is 13.2 Å². The molecule has 1 atom stereocenters. The van der Waals surface area contributed by atoms with E-state index in [1.54, 1.807) is 0 Å². The lowest BCUT2D eigenvalue weighted by atomic mass is 9.99. The van der Waals surface area contributed by atoms with Crippen molar-refractivity contribution in [2.24, 2.45) is 5.92 Å². The zero-order valence-corrected chi connectivity index (χ0v) is 15.1. The van der Waals surface area contributed by atoms with Crippen LogP contribution in [0.15, 0.2) is 30.5 Å². The number of H-pyrrole nitrogens is 1. The van der Waals surface area contributed by atoms with Gasteiger partial charge in [0.25, 0.3) is 0 Å². The maximum Gasteiger partial charge on any atom is 0.393 e. The number of fused-ring (bicyclic) bond motifs is 2. The summed E-state index contributed by atoms with van der Waals surface area (Å²) in [5, 5.41) is 11.8. The number of aromatic amines is 1. The second kappa shape index (κ2) is 7.29. The summed E-state index contributed by atoms with van der Waals surface area (Å²) in [5.41, 5.74) is 2.07. The van der Waals surface area contributed by atoms with E-state index in [9.17, 15) is 18.0 Å². The second-order valence-electron chi connectivity index (χ2n) is 7.06. The van der Waals surface area contributed by atoms with E-state index in [4.69, 9.17) is 0 Å². The number of nitrogens with zero attached hydrogens (tertiary/aromatic N) is 3. The molecule has 9 heteroatoms. The number of carbonyl (C=O) groups excluding carboxylic acids is 1. The maximum atomic E-state index is 13.0. The van der Waals surface area contributed by atoms with E-state index in [0.717, 1.165) is 16.5 Å². The third kappa shape index (κ3) is 3.74. The van der Waals surface area contributed by atoms with Crippen LogP contribution >= 0.6 is 0 Å². The van der Waals surface area contributed by atoms with Gasteiger partial charge in [0, 0.05) is 36.5 Å². The number of alkyl halides is 3. The molecule has 3 heterocycles. The lowest BCUT2D eigenvalue weighted by Gasteiger charge is -2.26. The Morgan fingerprint density at radius 2 is 2.11 bits per heavy atom. The molecule has 2 N–H and O–H groups in total. The molecule has 0 fully saturated rings. The van der Waals surface area contributed by atoms with Crippen LogP contribution < -0.4 is 5.32 Å². The van der Waals surface area contributed by atoms with Gasteiger partial charge in [-0.3, -0.25) is 4.79 Å². The number of aromatic nitrogens is 4. The Hall–Kier alpha value is -2.84. The van der Waals surface area contributed by atoms with Crippen LogP contribution in [0.3, 0.4) is 0 Å². The first-order chi connectivity index (χ1) is 13.4. The van der Waals surface area contributed by atoms with Crippen LogP contribution in [0.25, 0.3) is 10.9 Å². The Balaban J connectivity index is 1.34. The predicted octanol–water partition coefficient (Wildman–Crippen LogP) is 3.13. The van der Waals surface area contributed by atoms with Gasteiger partial charge in [0.15, 0.2) is 5.82 Å². The van der Waals surface area contributed by atoms with Crippen LogP contribution in [0.1, 0.15) is 30.1 Å². The van der Waals surface area contributed by atoms with Crippen molar-refractivity contribution in [1.29, 1.82) is 0 Å². The molecule has 148 valence electrons. The Morgan fingerprint density at radius 3 is 2.93 bits per heavy atom. The standard InChI is InChI=1S/C19H20F3N5O/c20-19(21,22)13-6-7-16-25-26-17(27(16)11-13)10-24-18(28)8-5-12-9-23-15-4-2-1-3-14(12)15/h1-4,9,13,23H,5-8,10-11H2,(H,24,28). The van der Waals surface area contributed by atoms with Crippen molar-refractivity contribution >= 4 is 16.8 Å². The van der Waals surface area contributed by atoms with E-state index in [-0.39, 0.29) is 38.3 Å². The van der Waals surface area contributed by atoms with Crippen LogP contribution in [0.4, 0.5) is 13.2 Å². The van der Waals surface area contributed by atoms with Crippen LogP contribution in [-0.2, 0) is 30.7 Å². The highest BCUT2D eigenvalue weighted by atomic mass is 19.4. The van der Waals surface area contributed by atoms with E-state index >= 15 is 0 Å². The molecule has 0 saturated carbocycles. The van der Waals surface area contributed by atoms with Crippen molar-refractivity contribution in [3.63, 3.8) is 0 Å². The van der Waals surface area contributed by atoms with Crippen molar-refractivity contribution in [2.45, 2.75) is 44.9 Å². The van der Waals surface area contributed by atoms with Crippen LogP contribution in [0, 0.1) is 5.92 Å². The first-order valence-electron chi connectivity index (χ1n) is 9.21. The van der Waals surface area contributed by atoms with E-state index in [1.165, 1.54) is 4.57 Å². The molecule has 4 rings (SSSR count). The van der Waals surface area contributed by atoms with E-state index in [1.807, 2.05) is 30.5 Å². The smallest absolute Gasteiger partial charge is 0.361 e. The fourth-order valence-corrected chi connectivity index (χ4v) is 3.63. The minimum absolute atomic E-state index is 0.0264. The summed E-state index contributed by atoms with van der Waals surface area (Å²) in [4.78, 5) is 15.4. The number of nitrogens with one attached hydrogen (secondary N) is 2. The number of benzene rings is 1. The van der Waals surface area contributed by atoms with Gasteiger partial charge in [-0.15, -0.1) is 10.2 Å². The monoisotopic (exact) mass is 391 g/mol. The molecule has 0 saturated heterocycles. The Labute approximate surface area is 159 Å². The minimum atomic E-state index is -4.23. The summed E-state index contributed by atoms with van der Waals surface area (Å²) in [6, 6.07) is 7.86. The lowest BCUT2D eigenvalue weighted by molar-refractivity contribution is -0.182. The molecular weight excluding hydrogens is 371 g/mol. The lowest BCUT2D eigenvalue weighted by Crippen LogP contribution is -2.34. The van der Waals surface area contributed by atoms with Crippen molar-refractivity contribution in [3.05, 3.63) is 47.7 Å². The number of halogens is 3. The SMILES string of the molecule is O=C(CCc1c[nH]c2ccccc12)NCc1nnc2n1CC(C(F)(F)F)CC2. The Bertz CT molecular complexity index is 991. The predicted molar refractivity (Wildman–Crippen MR) is 96.4 cm³/mol. The fourth-order valence-electron chi connectivity index (χ4n) is 3.63. The summed E-state index contributed by atoms with van der Waals surface area (Å²) < 4.78 is 40.5. The largest absolute Gasteiger partial charge is 0.393 e. The molecule has 0 spiro atoms. The van der Waals surface area contributed by atoms with Crippen molar-refractivity contribution < 1.29 is 18.0 Å². The van der Waals surface area contributed by atoms with Crippen molar-refractivity contribution in [2.75, 3.05) is 0 Å². The summed E-state index contributed by atoms with van der Waals surface area (Å²) in [6.45, 7) is -0.114. The zero-order valence-electron chi connectivity index (χ0n) is 15.1. The molecule has 28 heavy (non-hydrogen) atoms. The molecule has 6 nitrogen and oxygen atoms in total. The second-order valence-corrected chi connectivity index (χ2v) is 7.06. The molecule has 2 aromatic heterocycles. The van der Waals surface area contributed by atoms with Crippen LogP contribution in [-0.4, -0.2) is 31.8 Å². The number of amides is 1. The third-order valence-electron chi connectivity index (χ3n) is 5.23. The molecule has 0 radical (unpaired) electrons. The number of hydrogen-bond donors (Lipinski definition) is 2. The highest BCUT2D eigenvalue weighted by molar-refractivity contribution is 5.84. The van der Waals surface area contributed by atoms with Crippen LogP contribution in [0.2, 0.25) is 0 Å². The van der Waals surface area contributed by atoms with Gasteiger partial charge in [-0.05, 0) is 24.5 Å². The molecule has 1 aromatic carbocycles. The first-order valence-corrected chi connectivity index (χ1v) is 9.21. The van der Waals surface area contributed by atoms with Crippen molar-refractivity contribution in [3.8, 4) is 0 Å². The number of aryl methyl sites for hydroxylation is 2. The number of rotatable bonds is 5. The van der Waals surface area contributed by atoms with Crippen LogP contribution in [0.5, 0.6) is 0 Å². The van der Waals surface area contributed by atoms with Gasteiger partial charge < -0.3 is 14.9 Å². The summed E-state index contributed by atoms with van der Waals surface area (Å²) in [7, 11) is 0. The average molecular weight is 391 g/mol. The van der Waals surface area contributed by atoms with Gasteiger partial charge in [-0.25, -0.2) is 0 Å². The zero-order chi connectivity index (χ0) is 19.7. The fraction of sp³-hybridized carbons (Fsp3) is 0.421. The Morgan fingerprint density at radius 1 is 1.29 bits per heavy atom. The van der Waals surface area contributed by atoms with E-state index < -0.39 is 12.1 Å². The summed E-state index contributed by atoms with van der Waals surface area (Å²) in [5.74, 6) is -0.661. The first kappa shape index (κ1) is 18.5. The summed E-state index contributed by atoms with van der Waals surface area (Å²) in [6.07, 6.45) is -1.21. The molecule has 1 unspecified atom stereocenters. The molecule has 0 bridgehead atoms. The van der Waals surface area contributed by atoms with E-state index in [2.05, 4.69) is 20.5 Å². The van der Waals surface area contributed by atoms with Gasteiger partial charge in [0.1, 0.15) is 5.82 Å². The average Bonchev–Trinajstić information content (AvgIpc) is 3.27. The Kier molecular flexibility index (Phi) is 4.82. The van der Waals surface area contributed by atoms with Crippen molar-refractivity contribution in [1.82, 2.24) is 25.1 Å². The maximum absolute atomic E-state index is 13.0. The highest BCUT2D eigenvalue weighted by Crippen LogP contribution is 2.34. The number of carbonyl (C=O) groups is 1. The number of para-hydroxylation sites is 1. The summed E-state index contributed by atoms with van der Waals surface area (Å²) >= 11 is 0. The molecule has 1 aliphatic heterocycles. The third-order valence-corrected chi connectivity index (χ3v) is 5.23. The normalized spacial score (nSPS) is 16.9. The minimum Gasteiger partial charge on any atom is -0.361 e. The molecule has 0 aliphatic carbocycles. The highest BCUT2D eigenvalue weighted by Gasteiger charge is 2.42. The number of hydrogen-bond acceptors (Lipinski definition) is 3. The molecule has 1 amide bonds. The van der Waals surface area contributed by atoms with Gasteiger partial charge in [0.05, 0.1) is 12.5 Å². The van der Waals surface area contributed by atoms with Gasteiger partial charge >= 0.3 is 6.18 Å². The topological polar surface area (TPSA) is 75.6 Å². The van der Waals surface area contributed by atoms with Gasteiger partial charge in [0.2, 0.25) is 5.91 Å². The van der Waals surface area contributed by atoms with E-state index in [0.29, 0.717) is 18.1 Å².